The zero-order valence-corrected chi connectivity index (χ0v) is 14.2. The SMILES string of the molecule is CC(C)(C#Cc1cccc(CNCCc2ccccc2)c1)C(=O)O. The lowest BCUT2D eigenvalue weighted by Gasteiger charge is -2.09. The molecule has 0 heterocycles. The summed E-state index contributed by atoms with van der Waals surface area (Å²) >= 11 is 0. The van der Waals surface area contributed by atoms with Gasteiger partial charge < -0.3 is 10.4 Å². The molecule has 0 aliphatic heterocycles. The Bertz CT molecular complexity index is 739. The molecule has 0 unspecified atom stereocenters. The molecule has 124 valence electrons. The van der Waals surface area contributed by atoms with Crippen LogP contribution in [0.3, 0.4) is 0 Å². The molecule has 0 atom stereocenters. The quantitative estimate of drug-likeness (QED) is 0.632. The number of benzene rings is 2. The predicted molar refractivity (Wildman–Crippen MR) is 96.6 cm³/mol. The van der Waals surface area contributed by atoms with Gasteiger partial charge in [-0.2, -0.15) is 0 Å². The van der Waals surface area contributed by atoms with Gasteiger partial charge in [-0.1, -0.05) is 54.3 Å². The molecule has 0 aromatic heterocycles. The summed E-state index contributed by atoms with van der Waals surface area (Å²) in [6, 6.07) is 18.3. The van der Waals surface area contributed by atoms with E-state index in [1.165, 1.54) is 5.56 Å². The fourth-order valence-corrected chi connectivity index (χ4v) is 2.15. The van der Waals surface area contributed by atoms with E-state index in [-0.39, 0.29) is 0 Å². The zero-order valence-electron chi connectivity index (χ0n) is 14.2. The largest absolute Gasteiger partial charge is 0.480 e. The second kappa shape index (κ2) is 8.33. The smallest absolute Gasteiger partial charge is 0.321 e. The molecule has 2 rings (SSSR count). The molecule has 2 aromatic carbocycles. The predicted octanol–water partition coefficient (Wildman–Crippen LogP) is 3.48. The fourth-order valence-electron chi connectivity index (χ4n) is 2.15. The topological polar surface area (TPSA) is 49.3 Å². The molecule has 24 heavy (non-hydrogen) atoms. The normalized spacial score (nSPS) is 10.8. The van der Waals surface area contributed by atoms with Gasteiger partial charge in [-0.05, 0) is 50.1 Å². The Morgan fingerprint density at radius 1 is 1.08 bits per heavy atom. The van der Waals surface area contributed by atoms with Crippen LogP contribution in [0.1, 0.15) is 30.5 Å². The highest BCUT2D eigenvalue weighted by Gasteiger charge is 2.23. The molecule has 0 amide bonds. The minimum Gasteiger partial charge on any atom is -0.480 e. The maximum absolute atomic E-state index is 11.1. The van der Waals surface area contributed by atoms with Gasteiger partial charge >= 0.3 is 5.97 Å². The van der Waals surface area contributed by atoms with Crippen LogP contribution in [0.5, 0.6) is 0 Å². The van der Waals surface area contributed by atoms with Crippen LogP contribution in [0.25, 0.3) is 0 Å². The number of carboxylic acid groups (broad SMARTS) is 1. The van der Waals surface area contributed by atoms with Crippen LogP contribution < -0.4 is 5.32 Å². The van der Waals surface area contributed by atoms with Crippen LogP contribution in [-0.2, 0) is 17.8 Å². The lowest BCUT2D eigenvalue weighted by Crippen LogP contribution is -2.21. The van der Waals surface area contributed by atoms with Gasteiger partial charge in [0.25, 0.3) is 0 Å². The van der Waals surface area contributed by atoms with Gasteiger partial charge in [0.15, 0.2) is 0 Å². The maximum Gasteiger partial charge on any atom is 0.321 e. The molecule has 0 aliphatic carbocycles. The van der Waals surface area contributed by atoms with E-state index < -0.39 is 11.4 Å². The van der Waals surface area contributed by atoms with Crippen molar-refractivity contribution in [2.24, 2.45) is 5.41 Å². The van der Waals surface area contributed by atoms with Gasteiger partial charge in [-0.15, -0.1) is 0 Å². The second-order valence-corrected chi connectivity index (χ2v) is 6.29. The number of hydrogen-bond donors (Lipinski definition) is 2. The van der Waals surface area contributed by atoms with E-state index in [9.17, 15) is 4.79 Å². The first kappa shape index (κ1) is 17.8. The summed E-state index contributed by atoms with van der Waals surface area (Å²) in [6.07, 6.45) is 0.993. The zero-order chi connectivity index (χ0) is 17.4. The third-order valence-electron chi connectivity index (χ3n) is 3.74. The van der Waals surface area contributed by atoms with E-state index >= 15 is 0 Å². The van der Waals surface area contributed by atoms with Gasteiger partial charge in [0.05, 0.1) is 0 Å². The fraction of sp³-hybridized carbons (Fsp3) is 0.286. The summed E-state index contributed by atoms with van der Waals surface area (Å²) in [5.74, 6) is 4.88. The van der Waals surface area contributed by atoms with Gasteiger partial charge in [-0.25, -0.2) is 0 Å². The molecule has 0 fully saturated rings. The Hall–Kier alpha value is -2.57. The molecule has 0 spiro atoms. The molecular formula is C21H23NO2. The molecule has 0 bridgehead atoms. The van der Waals surface area contributed by atoms with Crippen molar-refractivity contribution in [3.8, 4) is 11.8 Å². The van der Waals surface area contributed by atoms with Crippen molar-refractivity contribution in [1.29, 1.82) is 0 Å². The monoisotopic (exact) mass is 321 g/mol. The highest BCUT2D eigenvalue weighted by molar-refractivity contribution is 5.77. The third-order valence-corrected chi connectivity index (χ3v) is 3.74. The van der Waals surface area contributed by atoms with Crippen molar-refractivity contribution in [2.45, 2.75) is 26.8 Å². The Labute approximate surface area is 143 Å². The van der Waals surface area contributed by atoms with Gasteiger partial charge in [0.1, 0.15) is 5.41 Å². The van der Waals surface area contributed by atoms with Crippen molar-refractivity contribution in [1.82, 2.24) is 5.32 Å². The number of carboxylic acids is 1. The van der Waals surface area contributed by atoms with Crippen molar-refractivity contribution >= 4 is 5.97 Å². The molecule has 0 radical (unpaired) electrons. The molecule has 0 saturated heterocycles. The Morgan fingerprint density at radius 3 is 2.50 bits per heavy atom. The number of hydrogen-bond acceptors (Lipinski definition) is 2. The molecule has 3 heteroatoms. The van der Waals surface area contributed by atoms with Gasteiger partial charge in [0.2, 0.25) is 0 Å². The molecule has 0 aliphatic rings. The third kappa shape index (κ3) is 5.57. The molecule has 0 saturated carbocycles. The van der Waals surface area contributed by atoms with E-state index in [1.807, 2.05) is 30.3 Å². The molecular weight excluding hydrogens is 298 g/mol. The second-order valence-electron chi connectivity index (χ2n) is 6.29. The molecule has 2 aromatic rings. The number of rotatable bonds is 6. The highest BCUT2D eigenvalue weighted by Crippen LogP contribution is 2.14. The van der Waals surface area contributed by atoms with Crippen molar-refractivity contribution in [3.05, 3.63) is 71.3 Å². The van der Waals surface area contributed by atoms with E-state index in [0.717, 1.165) is 30.6 Å². The average molecular weight is 321 g/mol. The Morgan fingerprint density at radius 2 is 1.79 bits per heavy atom. The average Bonchev–Trinajstić information content (AvgIpc) is 2.58. The molecule has 3 nitrogen and oxygen atoms in total. The van der Waals surface area contributed by atoms with E-state index in [1.54, 1.807) is 13.8 Å². The summed E-state index contributed by atoms with van der Waals surface area (Å²) in [4.78, 5) is 11.1. The molecule has 2 N–H and O–H groups in total. The van der Waals surface area contributed by atoms with E-state index in [0.29, 0.717) is 0 Å². The maximum atomic E-state index is 11.1. The Balaban J connectivity index is 1.89. The lowest BCUT2D eigenvalue weighted by atomic mass is 9.94. The number of aliphatic carboxylic acids is 1. The lowest BCUT2D eigenvalue weighted by molar-refractivity contribution is -0.143. The van der Waals surface area contributed by atoms with Crippen LogP contribution in [-0.4, -0.2) is 17.6 Å². The highest BCUT2D eigenvalue weighted by atomic mass is 16.4. The first-order valence-electron chi connectivity index (χ1n) is 8.07. The summed E-state index contributed by atoms with van der Waals surface area (Å²) < 4.78 is 0. The first-order valence-corrected chi connectivity index (χ1v) is 8.07. The van der Waals surface area contributed by atoms with Crippen molar-refractivity contribution < 1.29 is 9.90 Å². The standard InChI is InChI=1S/C21H23NO2/c1-21(2,20(23)24)13-11-18-9-6-10-19(15-18)16-22-14-12-17-7-4-3-5-8-17/h3-10,15,22H,12,14,16H2,1-2H3,(H,23,24). The van der Waals surface area contributed by atoms with Crippen LogP contribution in [0.2, 0.25) is 0 Å². The van der Waals surface area contributed by atoms with Crippen LogP contribution in [0.4, 0.5) is 0 Å². The van der Waals surface area contributed by atoms with Crippen LogP contribution in [0, 0.1) is 17.3 Å². The van der Waals surface area contributed by atoms with E-state index in [2.05, 4.69) is 41.4 Å². The van der Waals surface area contributed by atoms with Gasteiger partial charge in [0, 0.05) is 12.1 Å². The van der Waals surface area contributed by atoms with Crippen molar-refractivity contribution in [2.75, 3.05) is 6.54 Å². The van der Waals surface area contributed by atoms with Crippen molar-refractivity contribution in [3.63, 3.8) is 0 Å². The minimum atomic E-state index is -1.04. The van der Waals surface area contributed by atoms with E-state index in [4.69, 9.17) is 5.11 Å². The van der Waals surface area contributed by atoms with Gasteiger partial charge in [-0.3, -0.25) is 4.79 Å². The summed E-state index contributed by atoms with van der Waals surface area (Å²) in [5, 5.41) is 12.5. The first-order chi connectivity index (χ1) is 11.5. The summed E-state index contributed by atoms with van der Waals surface area (Å²) in [6.45, 7) is 4.89. The summed E-state index contributed by atoms with van der Waals surface area (Å²) in [7, 11) is 0. The number of carbonyl (C=O) groups is 1. The van der Waals surface area contributed by atoms with Crippen LogP contribution in [0.15, 0.2) is 54.6 Å². The summed E-state index contributed by atoms with van der Waals surface area (Å²) in [5.41, 5.74) is 2.26. The minimum absolute atomic E-state index is 0.769. The Kier molecular flexibility index (Phi) is 6.17. The van der Waals surface area contributed by atoms with Crippen LogP contribution >= 0.6 is 0 Å². The number of nitrogens with one attached hydrogen (secondary N) is 1.